The number of hydrogen-bond donors (Lipinski definition) is 0. The molecule has 4 rings (SSSR count). The molecule has 0 bridgehead atoms. The summed E-state index contributed by atoms with van der Waals surface area (Å²) in [5.74, 6) is -0.352. The van der Waals surface area contributed by atoms with Gasteiger partial charge < -0.3 is 9.30 Å². The zero-order valence-corrected chi connectivity index (χ0v) is 16.3. The van der Waals surface area contributed by atoms with Crippen LogP contribution in [0.5, 0.6) is 0 Å². The summed E-state index contributed by atoms with van der Waals surface area (Å²) in [5.41, 5.74) is 4.87. The fourth-order valence-corrected chi connectivity index (χ4v) is 3.67. The van der Waals surface area contributed by atoms with Gasteiger partial charge >= 0.3 is 5.97 Å². The van der Waals surface area contributed by atoms with E-state index < -0.39 is 0 Å². The summed E-state index contributed by atoms with van der Waals surface area (Å²) in [6.07, 6.45) is 1.98. The number of aromatic nitrogens is 1. The maximum atomic E-state index is 12.4. The Morgan fingerprint density at radius 3 is 2.39 bits per heavy atom. The third-order valence-corrected chi connectivity index (χ3v) is 4.95. The highest BCUT2D eigenvalue weighted by Crippen LogP contribution is 2.27. The zero-order chi connectivity index (χ0) is 19.5. The van der Waals surface area contributed by atoms with Crippen molar-refractivity contribution in [1.29, 1.82) is 0 Å². The van der Waals surface area contributed by atoms with E-state index in [1.165, 1.54) is 11.1 Å². The van der Waals surface area contributed by atoms with Crippen molar-refractivity contribution in [2.75, 3.05) is 6.61 Å². The van der Waals surface area contributed by atoms with Gasteiger partial charge in [-0.3, -0.25) is 0 Å². The lowest BCUT2D eigenvalue weighted by Gasteiger charge is -2.11. The van der Waals surface area contributed by atoms with Gasteiger partial charge in [-0.1, -0.05) is 66.2 Å². The SMILES string of the molecule is CCOC(=O)c1cc(Cl)cc2ccn(Cc3ccc(-c4ccccc4)cc3)c12. The largest absolute Gasteiger partial charge is 0.462 e. The Bertz CT molecular complexity index is 1110. The first-order valence-electron chi connectivity index (χ1n) is 9.25. The van der Waals surface area contributed by atoms with E-state index in [0.29, 0.717) is 23.7 Å². The average Bonchev–Trinajstić information content (AvgIpc) is 3.11. The molecule has 3 aromatic carbocycles. The molecule has 0 fully saturated rings. The van der Waals surface area contributed by atoms with E-state index in [1.54, 1.807) is 13.0 Å². The van der Waals surface area contributed by atoms with Crippen molar-refractivity contribution in [3.63, 3.8) is 0 Å². The van der Waals surface area contributed by atoms with E-state index in [1.807, 2.05) is 36.5 Å². The second-order valence-electron chi connectivity index (χ2n) is 6.62. The molecule has 0 unspecified atom stereocenters. The lowest BCUT2D eigenvalue weighted by atomic mass is 10.0. The molecule has 3 nitrogen and oxygen atoms in total. The van der Waals surface area contributed by atoms with Crippen molar-refractivity contribution >= 4 is 28.5 Å². The Labute approximate surface area is 169 Å². The molecule has 1 aromatic heterocycles. The van der Waals surface area contributed by atoms with Crippen LogP contribution in [0.4, 0.5) is 0 Å². The van der Waals surface area contributed by atoms with E-state index in [2.05, 4.69) is 41.0 Å². The third kappa shape index (κ3) is 3.67. The number of esters is 1. The van der Waals surface area contributed by atoms with Crippen molar-refractivity contribution in [1.82, 2.24) is 4.57 Å². The van der Waals surface area contributed by atoms with Crippen LogP contribution in [0, 0.1) is 0 Å². The van der Waals surface area contributed by atoms with Crippen LogP contribution in [0.2, 0.25) is 5.02 Å². The van der Waals surface area contributed by atoms with E-state index in [9.17, 15) is 4.79 Å². The summed E-state index contributed by atoms with van der Waals surface area (Å²) in [6.45, 7) is 2.79. The number of rotatable bonds is 5. The molecule has 0 saturated heterocycles. The van der Waals surface area contributed by atoms with Crippen molar-refractivity contribution < 1.29 is 9.53 Å². The lowest BCUT2D eigenvalue weighted by Crippen LogP contribution is -2.08. The van der Waals surface area contributed by atoms with Crippen LogP contribution < -0.4 is 0 Å². The van der Waals surface area contributed by atoms with Crippen LogP contribution in [-0.4, -0.2) is 17.1 Å². The van der Waals surface area contributed by atoms with Gasteiger partial charge in [-0.2, -0.15) is 0 Å². The van der Waals surface area contributed by atoms with Crippen LogP contribution in [0.1, 0.15) is 22.8 Å². The molecule has 0 aliphatic rings. The van der Waals surface area contributed by atoms with E-state index in [0.717, 1.165) is 16.5 Å². The number of nitrogens with zero attached hydrogens (tertiary/aromatic N) is 1. The van der Waals surface area contributed by atoms with Crippen LogP contribution >= 0.6 is 11.6 Å². The second-order valence-corrected chi connectivity index (χ2v) is 7.05. The fourth-order valence-electron chi connectivity index (χ4n) is 3.44. The Balaban J connectivity index is 1.67. The maximum absolute atomic E-state index is 12.4. The number of benzene rings is 3. The lowest BCUT2D eigenvalue weighted by molar-refractivity contribution is 0.0528. The summed E-state index contributed by atoms with van der Waals surface area (Å²) < 4.78 is 7.28. The molecule has 0 atom stereocenters. The highest BCUT2D eigenvalue weighted by Gasteiger charge is 2.16. The topological polar surface area (TPSA) is 31.2 Å². The molecule has 0 saturated carbocycles. The average molecular weight is 390 g/mol. The third-order valence-electron chi connectivity index (χ3n) is 4.73. The summed E-state index contributed by atoms with van der Waals surface area (Å²) >= 11 is 6.20. The number of hydrogen-bond acceptors (Lipinski definition) is 2. The summed E-state index contributed by atoms with van der Waals surface area (Å²) in [5, 5.41) is 1.46. The van der Waals surface area contributed by atoms with Crippen molar-refractivity contribution in [2.24, 2.45) is 0 Å². The van der Waals surface area contributed by atoms with Crippen LogP contribution in [0.15, 0.2) is 79.0 Å². The minimum absolute atomic E-state index is 0.328. The Morgan fingerprint density at radius 2 is 1.68 bits per heavy atom. The first kappa shape index (κ1) is 18.3. The van der Waals surface area contributed by atoms with Crippen molar-refractivity contribution in [2.45, 2.75) is 13.5 Å². The highest BCUT2D eigenvalue weighted by atomic mass is 35.5. The fraction of sp³-hybridized carbons (Fsp3) is 0.125. The van der Waals surface area contributed by atoms with Crippen LogP contribution in [0.3, 0.4) is 0 Å². The quantitative estimate of drug-likeness (QED) is 0.381. The smallest absolute Gasteiger partial charge is 0.340 e. The molecule has 4 heteroatoms. The second kappa shape index (κ2) is 7.91. The molecule has 0 aliphatic carbocycles. The normalized spacial score (nSPS) is 10.9. The molecule has 28 heavy (non-hydrogen) atoms. The molecule has 0 aliphatic heterocycles. The van der Waals surface area contributed by atoms with Gasteiger partial charge in [0.2, 0.25) is 0 Å². The van der Waals surface area contributed by atoms with Crippen LogP contribution in [-0.2, 0) is 11.3 Å². The van der Waals surface area contributed by atoms with Gasteiger partial charge in [0.1, 0.15) is 0 Å². The molecular weight excluding hydrogens is 370 g/mol. The molecule has 0 radical (unpaired) electrons. The first-order chi connectivity index (χ1) is 13.7. The van der Waals surface area contributed by atoms with Gasteiger partial charge in [-0.15, -0.1) is 0 Å². The number of halogens is 1. The van der Waals surface area contributed by atoms with Gasteiger partial charge in [0, 0.05) is 23.2 Å². The summed E-state index contributed by atoms with van der Waals surface area (Å²) in [4.78, 5) is 12.4. The minimum atomic E-state index is -0.352. The minimum Gasteiger partial charge on any atom is -0.462 e. The molecule has 0 spiro atoms. The van der Waals surface area contributed by atoms with Gasteiger partial charge in [-0.05, 0) is 41.8 Å². The standard InChI is InChI=1S/C24H20ClNO2/c1-2-28-24(27)22-15-21(25)14-20-12-13-26(23(20)22)16-17-8-10-19(11-9-17)18-6-4-3-5-7-18/h3-15H,2,16H2,1H3. The van der Waals surface area contributed by atoms with Gasteiger partial charge in [0.05, 0.1) is 17.7 Å². The molecule has 0 amide bonds. The Hall–Kier alpha value is -3.04. The van der Waals surface area contributed by atoms with Gasteiger partial charge in [0.15, 0.2) is 0 Å². The Morgan fingerprint density at radius 1 is 0.964 bits per heavy atom. The Kier molecular flexibility index (Phi) is 5.18. The van der Waals surface area contributed by atoms with Crippen molar-refractivity contribution in [3.8, 4) is 11.1 Å². The maximum Gasteiger partial charge on any atom is 0.340 e. The molecule has 140 valence electrons. The van der Waals surface area contributed by atoms with E-state index in [4.69, 9.17) is 16.3 Å². The van der Waals surface area contributed by atoms with E-state index >= 15 is 0 Å². The zero-order valence-electron chi connectivity index (χ0n) is 15.6. The monoisotopic (exact) mass is 389 g/mol. The van der Waals surface area contributed by atoms with Crippen LogP contribution in [0.25, 0.3) is 22.0 Å². The van der Waals surface area contributed by atoms with Gasteiger partial charge in [-0.25, -0.2) is 4.79 Å². The van der Waals surface area contributed by atoms with E-state index in [-0.39, 0.29) is 5.97 Å². The molecule has 1 heterocycles. The highest BCUT2D eigenvalue weighted by molar-refractivity contribution is 6.32. The predicted molar refractivity (Wildman–Crippen MR) is 114 cm³/mol. The predicted octanol–water partition coefficient (Wildman–Crippen LogP) is 6.19. The van der Waals surface area contributed by atoms with Crippen molar-refractivity contribution in [3.05, 3.63) is 95.1 Å². The number of carbonyl (C=O) groups excluding carboxylic acids is 1. The number of fused-ring (bicyclic) bond motifs is 1. The van der Waals surface area contributed by atoms with Gasteiger partial charge in [0.25, 0.3) is 0 Å². The molecular formula is C24H20ClNO2. The number of carbonyl (C=O) groups is 1. The molecule has 0 N–H and O–H groups in total. The summed E-state index contributed by atoms with van der Waals surface area (Å²) in [7, 11) is 0. The number of ether oxygens (including phenoxy) is 1. The molecule has 4 aromatic rings. The first-order valence-corrected chi connectivity index (χ1v) is 9.63. The summed E-state index contributed by atoms with van der Waals surface area (Å²) in [6, 6.07) is 24.3.